The first-order valence-electron chi connectivity index (χ1n) is 9.72. The average molecular weight is 392 g/mol. The molecule has 28 heavy (non-hydrogen) atoms. The number of hydrogen-bond donors (Lipinski definition) is 1. The van der Waals surface area contributed by atoms with Crippen molar-refractivity contribution in [2.45, 2.75) is 32.2 Å². The fourth-order valence-corrected chi connectivity index (χ4v) is 4.44. The van der Waals surface area contributed by atoms with E-state index in [2.05, 4.69) is 59.3 Å². The Balaban J connectivity index is 1.77. The standard InChI is InChI=1S/C24H25NO2S/c1-28(26,27)25-17-19-8-6-7-18(15-19)16-24-22-11-4-2-9-20(22)13-14-21-10-3-5-12-23(21)24/h2,4-9,11-12,15-16,25H,3,10,13-14,17H2,1H3/b24-16+. The maximum absolute atomic E-state index is 11.4. The van der Waals surface area contributed by atoms with E-state index in [1.54, 1.807) is 5.57 Å². The number of sulfonamides is 1. The molecule has 0 spiro atoms. The Kier molecular flexibility index (Phi) is 5.33. The first-order chi connectivity index (χ1) is 13.5. The lowest BCUT2D eigenvalue weighted by molar-refractivity contribution is 0.587. The molecule has 4 heteroatoms. The van der Waals surface area contributed by atoms with Gasteiger partial charge in [0.25, 0.3) is 0 Å². The second-order valence-corrected chi connectivity index (χ2v) is 9.34. The predicted molar refractivity (Wildman–Crippen MR) is 116 cm³/mol. The summed E-state index contributed by atoms with van der Waals surface area (Å²) < 4.78 is 25.4. The van der Waals surface area contributed by atoms with Gasteiger partial charge in [-0.2, -0.15) is 0 Å². The number of nitrogens with one attached hydrogen (secondary N) is 1. The van der Waals surface area contributed by atoms with Crippen LogP contribution in [0.15, 0.2) is 71.8 Å². The van der Waals surface area contributed by atoms with Crippen LogP contribution in [0.25, 0.3) is 11.6 Å². The van der Waals surface area contributed by atoms with E-state index in [4.69, 9.17) is 0 Å². The van der Waals surface area contributed by atoms with E-state index in [1.807, 2.05) is 12.1 Å². The summed E-state index contributed by atoms with van der Waals surface area (Å²) in [5, 5.41) is 0. The molecule has 0 heterocycles. The third-order valence-electron chi connectivity index (χ3n) is 5.37. The lowest BCUT2D eigenvalue weighted by Gasteiger charge is -2.17. The topological polar surface area (TPSA) is 46.2 Å². The molecule has 0 radical (unpaired) electrons. The normalized spacial score (nSPS) is 18.0. The van der Waals surface area contributed by atoms with Gasteiger partial charge in [0, 0.05) is 6.54 Å². The van der Waals surface area contributed by atoms with Crippen LogP contribution in [0.1, 0.15) is 41.5 Å². The number of rotatable bonds is 4. The summed E-state index contributed by atoms with van der Waals surface area (Å²) in [7, 11) is -3.20. The summed E-state index contributed by atoms with van der Waals surface area (Å²) in [6, 6.07) is 16.8. The van der Waals surface area contributed by atoms with Gasteiger partial charge in [0.2, 0.25) is 10.0 Å². The molecule has 0 saturated heterocycles. The van der Waals surface area contributed by atoms with Gasteiger partial charge < -0.3 is 0 Å². The highest BCUT2D eigenvalue weighted by molar-refractivity contribution is 7.88. The van der Waals surface area contributed by atoms with Crippen molar-refractivity contribution < 1.29 is 8.42 Å². The first kappa shape index (κ1) is 18.9. The van der Waals surface area contributed by atoms with Crippen molar-refractivity contribution in [3.8, 4) is 0 Å². The van der Waals surface area contributed by atoms with E-state index in [0.717, 1.165) is 36.8 Å². The molecule has 2 aromatic carbocycles. The molecular weight excluding hydrogens is 366 g/mol. The van der Waals surface area contributed by atoms with Crippen LogP contribution >= 0.6 is 0 Å². The van der Waals surface area contributed by atoms with Crippen LogP contribution in [0.2, 0.25) is 0 Å². The Labute approximate surface area is 167 Å². The highest BCUT2D eigenvalue weighted by atomic mass is 32.2. The van der Waals surface area contributed by atoms with Gasteiger partial charge in [0.1, 0.15) is 0 Å². The van der Waals surface area contributed by atoms with Crippen molar-refractivity contribution in [2.75, 3.05) is 6.26 Å². The Morgan fingerprint density at radius 1 is 1.04 bits per heavy atom. The van der Waals surface area contributed by atoms with Gasteiger partial charge in [-0.1, -0.05) is 66.3 Å². The number of benzene rings is 2. The lowest BCUT2D eigenvalue weighted by Crippen LogP contribution is -2.21. The predicted octanol–water partition coefficient (Wildman–Crippen LogP) is 4.87. The zero-order valence-corrected chi connectivity index (χ0v) is 16.9. The van der Waals surface area contributed by atoms with E-state index in [-0.39, 0.29) is 0 Å². The van der Waals surface area contributed by atoms with Gasteiger partial charge in [-0.3, -0.25) is 0 Å². The molecule has 0 amide bonds. The third-order valence-corrected chi connectivity index (χ3v) is 6.04. The molecule has 0 saturated carbocycles. The smallest absolute Gasteiger partial charge is 0.209 e. The SMILES string of the molecule is CS(=O)(=O)NCc1cccc(/C=C2/C3=C(CCC=C3)CCc3ccccc32)c1. The molecule has 1 N–H and O–H groups in total. The molecule has 0 bridgehead atoms. The van der Waals surface area contributed by atoms with Crippen molar-refractivity contribution >= 4 is 21.7 Å². The molecule has 0 fully saturated rings. The lowest BCUT2D eigenvalue weighted by atomic mass is 9.88. The minimum absolute atomic E-state index is 0.306. The molecule has 2 aromatic rings. The molecule has 0 unspecified atom stereocenters. The Bertz CT molecular complexity index is 1090. The van der Waals surface area contributed by atoms with Crippen LogP contribution in [0.3, 0.4) is 0 Å². The quantitative estimate of drug-likeness (QED) is 0.808. The highest BCUT2D eigenvalue weighted by Gasteiger charge is 2.20. The van der Waals surface area contributed by atoms with Gasteiger partial charge in [-0.25, -0.2) is 13.1 Å². The van der Waals surface area contributed by atoms with Crippen molar-refractivity contribution in [1.29, 1.82) is 0 Å². The second-order valence-electron chi connectivity index (χ2n) is 7.51. The van der Waals surface area contributed by atoms with E-state index in [9.17, 15) is 8.42 Å². The van der Waals surface area contributed by atoms with Crippen LogP contribution in [-0.2, 0) is 23.0 Å². The molecule has 4 rings (SSSR count). The second kappa shape index (κ2) is 7.90. The zero-order valence-electron chi connectivity index (χ0n) is 16.1. The number of fused-ring (bicyclic) bond motifs is 1. The van der Waals surface area contributed by atoms with Crippen LogP contribution in [-0.4, -0.2) is 14.7 Å². The van der Waals surface area contributed by atoms with Crippen LogP contribution in [0, 0.1) is 0 Å². The summed E-state index contributed by atoms with van der Waals surface area (Å²) in [4.78, 5) is 0. The summed E-state index contributed by atoms with van der Waals surface area (Å²) in [5.74, 6) is 0. The van der Waals surface area contributed by atoms with E-state index in [0.29, 0.717) is 6.54 Å². The van der Waals surface area contributed by atoms with Crippen LogP contribution in [0.5, 0.6) is 0 Å². The van der Waals surface area contributed by atoms with Gasteiger partial charge in [-0.15, -0.1) is 0 Å². The van der Waals surface area contributed by atoms with Crippen molar-refractivity contribution in [1.82, 2.24) is 4.72 Å². The Morgan fingerprint density at radius 2 is 1.89 bits per heavy atom. The maximum atomic E-state index is 11.4. The monoisotopic (exact) mass is 391 g/mol. The Hall–Kier alpha value is -2.43. The number of hydrogen-bond acceptors (Lipinski definition) is 2. The van der Waals surface area contributed by atoms with Gasteiger partial charge in [-0.05, 0) is 65.2 Å². The van der Waals surface area contributed by atoms with Gasteiger partial charge in [0.15, 0.2) is 0 Å². The number of allylic oxidation sites excluding steroid dienone is 5. The van der Waals surface area contributed by atoms with E-state index in [1.165, 1.54) is 28.5 Å². The summed E-state index contributed by atoms with van der Waals surface area (Å²) in [6.07, 6.45) is 12.4. The zero-order chi connectivity index (χ0) is 19.6. The fraction of sp³-hybridized carbons (Fsp3) is 0.250. The van der Waals surface area contributed by atoms with Crippen molar-refractivity contribution in [2.24, 2.45) is 0 Å². The van der Waals surface area contributed by atoms with E-state index < -0.39 is 10.0 Å². The number of aryl methyl sites for hydroxylation is 1. The highest BCUT2D eigenvalue weighted by Crippen LogP contribution is 2.39. The van der Waals surface area contributed by atoms with Crippen molar-refractivity contribution in [3.63, 3.8) is 0 Å². The Morgan fingerprint density at radius 3 is 2.75 bits per heavy atom. The minimum atomic E-state index is -3.20. The van der Waals surface area contributed by atoms with Crippen LogP contribution in [0.4, 0.5) is 0 Å². The van der Waals surface area contributed by atoms with E-state index >= 15 is 0 Å². The average Bonchev–Trinajstić information content (AvgIpc) is 2.84. The largest absolute Gasteiger partial charge is 0.213 e. The summed E-state index contributed by atoms with van der Waals surface area (Å²) in [5.41, 5.74) is 8.91. The molecular formula is C24H25NO2S. The van der Waals surface area contributed by atoms with Gasteiger partial charge >= 0.3 is 0 Å². The summed E-state index contributed by atoms with van der Waals surface area (Å²) >= 11 is 0. The fourth-order valence-electron chi connectivity index (χ4n) is 4.01. The molecule has 3 nitrogen and oxygen atoms in total. The van der Waals surface area contributed by atoms with Crippen LogP contribution < -0.4 is 4.72 Å². The molecule has 2 aliphatic carbocycles. The third kappa shape index (κ3) is 4.34. The van der Waals surface area contributed by atoms with Crippen molar-refractivity contribution in [3.05, 3.63) is 94.1 Å². The molecule has 0 aromatic heterocycles. The molecule has 144 valence electrons. The maximum Gasteiger partial charge on any atom is 0.209 e. The molecule has 2 aliphatic rings. The first-order valence-corrected chi connectivity index (χ1v) is 11.6. The summed E-state index contributed by atoms with van der Waals surface area (Å²) in [6.45, 7) is 0.306. The molecule has 0 aliphatic heterocycles. The minimum Gasteiger partial charge on any atom is -0.213 e. The van der Waals surface area contributed by atoms with Gasteiger partial charge in [0.05, 0.1) is 6.26 Å². The molecule has 0 atom stereocenters.